The third kappa shape index (κ3) is 3.00. The molecule has 3 rings (SSSR count). The maximum absolute atomic E-state index is 9.10. The fourth-order valence-corrected chi connectivity index (χ4v) is 1.94. The van der Waals surface area contributed by atoms with E-state index in [1.165, 1.54) is 0 Å². The lowest BCUT2D eigenvalue weighted by molar-refractivity contribution is -0.0212. The van der Waals surface area contributed by atoms with Crippen LogP contribution in [0.5, 0.6) is 0 Å². The van der Waals surface area contributed by atoms with Gasteiger partial charge in [-0.1, -0.05) is 0 Å². The first-order valence-corrected chi connectivity index (χ1v) is 6.47. The quantitative estimate of drug-likeness (QED) is 0.766. The van der Waals surface area contributed by atoms with Crippen molar-refractivity contribution in [3.63, 3.8) is 0 Å². The van der Waals surface area contributed by atoms with Gasteiger partial charge in [0, 0.05) is 0 Å². The molecule has 0 radical (unpaired) electrons. The minimum absolute atomic E-state index is 0.0544. The van der Waals surface area contributed by atoms with Gasteiger partial charge in [-0.2, -0.15) is 0 Å². The van der Waals surface area contributed by atoms with Gasteiger partial charge in [0.25, 0.3) is 0 Å². The fourth-order valence-electron chi connectivity index (χ4n) is 1.94. The third-order valence-electron chi connectivity index (χ3n) is 3.28. The molecule has 3 unspecified atom stereocenters. The van der Waals surface area contributed by atoms with E-state index in [9.17, 15) is 0 Å². The first-order valence-electron chi connectivity index (χ1n) is 6.47. The Morgan fingerprint density at radius 3 is 2.68 bits per heavy atom. The zero-order valence-electron chi connectivity index (χ0n) is 10.9. The molecule has 0 spiro atoms. The summed E-state index contributed by atoms with van der Waals surface area (Å²) in [5, 5.41) is 9.10. The van der Waals surface area contributed by atoms with Gasteiger partial charge < -0.3 is 24.1 Å². The number of rotatable bonds is 4. The molecule has 2 heterocycles. The molecule has 1 saturated heterocycles. The Labute approximate surface area is 112 Å². The van der Waals surface area contributed by atoms with Crippen LogP contribution in [0, 0.1) is 0 Å². The Bertz CT molecular complexity index is 435. The summed E-state index contributed by atoms with van der Waals surface area (Å²) in [6, 6.07) is 0. The van der Waals surface area contributed by atoms with Crippen molar-refractivity contribution in [1.82, 2.24) is 0 Å². The van der Waals surface area contributed by atoms with E-state index >= 15 is 0 Å². The zero-order valence-corrected chi connectivity index (χ0v) is 10.9. The van der Waals surface area contributed by atoms with Gasteiger partial charge >= 0.3 is 0 Å². The number of ether oxygens (including phenoxy) is 4. The number of hydrogen-bond donors (Lipinski definition) is 1. The smallest absolute Gasteiger partial charge is 0.161 e. The van der Waals surface area contributed by atoms with Gasteiger partial charge in [-0.25, -0.2) is 0 Å². The van der Waals surface area contributed by atoms with E-state index in [-0.39, 0.29) is 18.8 Å². The maximum atomic E-state index is 9.10. The molecule has 1 fully saturated rings. The van der Waals surface area contributed by atoms with Crippen LogP contribution in [0.2, 0.25) is 0 Å². The molecule has 0 aromatic heterocycles. The largest absolute Gasteiger partial charge is 0.486 e. The first-order chi connectivity index (χ1) is 9.18. The minimum atomic E-state index is -0.495. The molecule has 5 nitrogen and oxygen atoms in total. The third-order valence-corrected chi connectivity index (χ3v) is 3.28. The average Bonchev–Trinajstić information content (AvgIpc) is 3.25. The van der Waals surface area contributed by atoms with Crippen molar-refractivity contribution >= 4 is 0 Å². The number of aliphatic hydroxyl groups excluding tert-OH is 1. The standard InChI is InChI=1S/C14H18O5/c1-14(18-9-11-8-16-11)4-2-12-13(3-5-14)19-10(6-15)7-17-12/h2-5,10-11,15H,6-9H2,1H3. The van der Waals surface area contributed by atoms with E-state index in [0.717, 1.165) is 6.61 Å². The Kier molecular flexibility index (Phi) is 3.35. The molecular formula is C14H18O5. The molecule has 0 amide bonds. The molecule has 3 aliphatic rings. The molecule has 104 valence electrons. The molecule has 1 aliphatic carbocycles. The van der Waals surface area contributed by atoms with E-state index in [0.29, 0.717) is 24.7 Å². The van der Waals surface area contributed by atoms with Crippen molar-refractivity contribution in [2.24, 2.45) is 0 Å². The van der Waals surface area contributed by atoms with Crippen LogP contribution in [0.4, 0.5) is 0 Å². The number of hydrogen-bond acceptors (Lipinski definition) is 5. The molecule has 5 heteroatoms. The van der Waals surface area contributed by atoms with Crippen LogP contribution in [-0.4, -0.2) is 49.3 Å². The maximum Gasteiger partial charge on any atom is 0.161 e. The van der Waals surface area contributed by atoms with Crippen LogP contribution in [0.25, 0.3) is 0 Å². The minimum Gasteiger partial charge on any atom is -0.486 e. The predicted octanol–water partition coefficient (Wildman–Crippen LogP) is 0.906. The van der Waals surface area contributed by atoms with Crippen LogP contribution in [0.3, 0.4) is 0 Å². The monoisotopic (exact) mass is 266 g/mol. The lowest BCUT2D eigenvalue weighted by Gasteiger charge is -2.24. The highest BCUT2D eigenvalue weighted by Gasteiger charge is 2.29. The van der Waals surface area contributed by atoms with Crippen molar-refractivity contribution in [3.05, 3.63) is 35.8 Å². The predicted molar refractivity (Wildman–Crippen MR) is 67.3 cm³/mol. The number of epoxide rings is 1. The summed E-state index contributed by atoms with van der Waals surface area (Å²) in [6.45, 7) is 3.64. The molecular weight excluding hydrogens is 248 g/mol. The summed E-state index contributed by atoms with van der Waals surface area (Å²) < 4.78 is 22.2. The van der Waals surface area contributed by atoms with Gasteiger partial charge in [0.05, 0.1) is 19.8 Å². The highest BCUT2D eigenvalue weighted by molar-refractivity contribution is 5.34. The van der Waals surface area contributed by atoms with E-state index in [2.05, 4.69) is 0 Å². The average molecular weight is 266 g/mol. The fraction of sp³-hybridized carbons (Fsp3) is 0.571. The highest BCUT2D eigenvalue weighted by Crippen LogP contribution is 2.28. The van der Waals surface area contributed by atoms with Gasteiger partial charge in [0.1, 0.15) is 18.3 Å². The second-order valence-electron chi connectivity index (χ2n) is 5.08. The number of allylic oxidation sites excluding steroid dienone is 2. The van der Waals surface area contributed by atoms with Crippen molar-refractivity contribution in [2.75, 3.05) is 26.4 Å². The highest BCUT2D eigenvalue weighted by atomic mass is 16.6. The first kappa shape index (κ1) is 12.7. The normalized spacial score (nSPS) is 36.3. The SMILES string of the molecule is CC1(OCC2CO2)C=CC2=C(C=C1)OC(CO)CO2. The van der Waals surface area contributed by atoms with Crippen LogP contribution < -0.4 is 0 Å². The van der Waals surface area contributed by atoms with Gasteiger partial charge in [-0.3, -0.25) is 0 Å². The van der Waals surface area contributed by atoms with E-state index < -0.39 is 5.60 Å². The molecule has 0 bridgehead atoms. The Balaban J connectivity index is 1.70. The van der Waals surface area contributed by atoms with Crippen molar-refractivity contribution in [3.8, 4) is 0 Å². The molecule has 0 aromatic carbocycles. The van der Waals surface area contributed by atoms with Gasteiger partial charge in [0.15, 0.2) is 17.6 Å². The zero-order chi connectivity index (χ0) is 13.3. The van der Waals surface area contributed by atoms with Crippen molar-refractivity contribution in [2.45, 2.75) is 24.7 Å². The van der Waals surface area contributed by atoms with Crippen LogP contribution in [0.1, 0.15) is 6.92 Å². The molecule has 1 N–H and O–H groups in total. The van der Waals surface area contributed by atoms with Crippen molar-refractivity contribution < 1.29 is 24.1 Å². The summed E-state index contributed by atoms with van der Waals surface area (Å²) in [5.74, 6) is 1.31. The Hall–Kier alpha value is -1.30. The molecule has 2 aliphatic heterocycles. The van der Waals surface area contributed by atoms with Crippen molar-refractivity contribution in [1.29, 1.82) is 0 Å². The summed E-state index contributed by atoms with van der Waals surface area (Å²) in [5.41, 5.74) is -0.495. The van der Waals surface area contributed by atoms with Crippen LogP contribution in [-0.2, 0) is 18.9 Å². The second kappa shape index (κ2) is 5.00. The topological polar surface area (TPSA) is 60.5 Å². The molecule has 0 aromatic rings. The lowest BCUT2D eigenvalue weighted by Crippen LogP contribution is -2.27. The Morgan fingerprint density at radius 2 is 2.00 bits per heavy atom. The number of aliphatic hydroxyl groups is 1. The molecule has 19 heavy (non-hydrogen) atoms. The summed E-state index contributed by atoms with van der Waals surface area (Å²) in [7, 11) is 0. The summed E-state index contributed by atoms with van der Waals surface area (Å²) in [4.78, 5) is 0. The van der Waals surface area contributed by atoms with Crippen LogP contribution >= 0.6 is 0 Å². The van der Waals surface area contributed by atoms with Gasteiger partial charge in [-0.15, -0.1) is 0 Å². The van der Waals surface area contributed by atoms with Crippen LogP contribution in [0.15, 0.2) is 35.8 Å². The van der Waals surface area contributed by atoms with E-state index in [1.54, 1.807) is 0 Å². The van der Waals surface area contributed by atoms with Gasteiger partial charge in [0.2, 0.25) is 0 Å². The summed E-state index contributed by atoms with van der Waals surface area (Å²) >= 11 is 0. The van der Waals surface area contributed by atoms with E-state index in [4.69, 9.17) is 24.1 Å². The lowest BCUT2D eigenvalue weighted by atomic mass is 10.1. The van der Waals surface area contributed by atoms with E-state index in [1.807, 2.05) is 31.2 Å². The molecule has 0 saturated carbocycles. The van der Waals surface area contributed by atoms with Gasteiger partial charge in [-0.05, 0) is 31.2 Å². The Morgan fingerprint density at radius 1 is 1.26 bits per heavy atom. The molecule has 3 atom stereocenters. The summed E-state index contributed by atoms with van der Waals surface area (Å²) in [6.07, 6.45) is 7.49. The second-order valence-corrected chi connectivity index (χ2v) is 5.08.